The van der Waals surface area contributed by atoms with Gasteiger partial charge in [0.15, 0.2) is 0 Å². The van der Waals surface area contributed by atoms with E-state index in [4.69, 9.17) is 4.74 Å². The van der Waals surface area contributed by atoms with Gasteiger partial charge in [-0.3, -0.25) is 0 Å². The Kier molecular flexibility index (Phi) is 3.65. The maximum absolute atomic E-state index is 5.44. The standard InChI is InChI=1S/C12H16BrNO/c1-9-5-10(13)7-12(6-9)14-11-3-2-4-15-8-11/h5-7,11,14H,2-4,8H2,1H3. The van der Waals surface area contributed by atoms with Crippen molar-refractivity contribution >= 4 is 21.6 Å². The molecule has 1 unspecified atom stereocenters. The second kappa shape index (κ2) is 4.99. The van der Waals surface area contributed by atoms with Crippen molar-refractivity contribution in [1.82, 2.24) is 0 Å². The summed E-state index contributed by atoms with van der Waals surface area (Å²) in [6, 6.07) is 6.86. The van der Waals surface area contributed by atoms with Crippen molar-refractivity contribution in [1.29, 1.82) is 0 Å². The monoisotopic (exact) mass is 269 g/mol. The van der Waals surface area contributed by atoms with Crippen LogP contribution in [0.3, 0.4) is 0 Å². The van der Waals surface area contributed by atoms with Crippen LogP contribution in [0.15, 0.2) is 22.7 Å². The maximum Gasteiger partial charge on any atom is 0.0667 e. The summed E-state index contributed by atoms with van der Waals surface area (Å²) in [5.41, 5.74) is 2.45. The van der Waals surface area contributed by atoms with Crippen molar-refractivity contribution in [2.75, 3.05) is 18.5 Å². The molecular weight excluding hydrogens is 254 g/mol. The fourth-order valence-corrected chi connectivity index (χ4v) is 2.52. The average Bonchev–Trinajstić information content (AvgIpc) is 2.17. The largest absolute Gasteiger partial charge is 0.380 e. The average molecular weight is 270 g/mol. The van der Waals surface area contributed by atoms with Crippen LogP contribution in [0.4, 0.5) is 5.69 Å². The van der Waals surface area contributed by atoms with Gasteiger partial charge in [-0.15, -0.1) is 0 Å². The topological polar surface area (TPSA) is 21.3 Å². The Morgan fingerprint density at radius 3 is 2.93 bits per heavy atom. The Bertz CT molecular complexity index is 314. The van der Waals surface area contributed by atoms with Crippen LogP contribution in [0.5, 0.6) is 0 Å². The second-order valence-corrected chi connectivity index (χ2v) is 4.99. The smallest absolute Gasteiger partial charge is 0.0667 e. The summed E-state index contributed by atoms with van der Waals surface area (Å²) in [4.78, 5) is 0. The first-order chi connectivity index (χ1) is 7.24. The summed E-state index contributed by atoms with van der Waals surface area (Å²) >= 11 is 3.51. The predicted octanol–water partition coefficient (Wildman–Crippen LogP) is 3.35. The van der Waals surface area contributed by atoms with Crippen molar-refractivity contribution in [3.8, 4) is 0 Å². The second-order valence-electron chi connectivity index (χ2n) is 4.08. The summed E-state index contributed by atoms with van der Waals surface area (Å²) in [6.45, 7) is 3.84. The van der Waals surface area contributed by atoms with Crippen LogP contribution in [0, 0.1) is 6.92 Å². The van der Waals surface area contributed by atoms with Gasteiger partial charge in [0.1, 0.15) is 0 Å². The van der Waals surface area contributed by atoms with Gasteiger partial charge in [0.05, 0.1) is 6.61 Å². The third-order valence-electron chi connectivity index (χ3n) is 2.57. The number of nitrogens with one attached hydrogen (secondary N) is 1. The number of aryl methyl sites for hydroxylation is 1. The molecule has 1 heterocycles. The number of hydrogen-bond acceptors (Lipinski definition) is 2. The molecule has 3 heteroatoms. The third kappa shape index (κ3) is 3.21. The zero-order valence-electron chi connectivity index (χ0n) is 8.92. The van der Waals surface area contributed by atoms with E-state index in [9.17, 15) is 0 Å². The van der Waals surface area contributed by atoms with Crippen LogP contribution in [-0.2, 0) is 4.74 Å². The Labute approximate surface area is 99.1 Å². The van der Waals surface area contributed by atoms with E-state index in [0.29, 0.717) is 6.04 Å². The molecule has 1 N–H and O–H groups in total. The quantitative estimate of drug-likeness (QED) is 0.889. The van der Waals surface area contributed by atoms with E-state index in [2.05, 4.69) is 46.4 Å². The summed E-state index contributed by atoms with van der Waals surface area (Å²) in [6.07, 6.45) is 2.36. The first-order valence-corrected chi connectivity index (χ1v) is 6.15. The van der Waals surface area contributed by atoms with Crippen molar-refractivity contribution in [2.45, 2.75) is 25.8 Å². The molecule has 0 saturated carbocycles. The van der Waals surface area contributed by atoms with E-state index in [1.165, 1.54) is 17.7 Å². The minimum Gasteiger partial charge on any atom is -0.380 e. The number of ether oxygens (including phenoxy) is 1. The van der Waals surface area contributed by atoms with Crippen LogP contribution >= 0.6 is 15.9 Å². The molecule has 1 aliphatic heterocycles. The molecule has 1 atom stereocenters. The van der Waals surface area contributed by atoms with Gasteiger partial charge in [0.2, 0.25) is 0 Å². The van der Waals surface area contributed by atoms with Gasteiger partial charge in [-0.1, -0.05) is 15.9 Å². The van der Waals surface area contributed by atoms with Crippen LogP contribution in [-0.4, -0.2) is 19.3 Å². The van der Waals surface area contributed by atoms with Gasteiger partial charge >= 0.3 is 0 Å². The molecule has 15 heavy (non-hydrogen) atoms. The van der Waals surface area contributed by atoms with Crippen LogP contribution < -0.4 is 5.32 Å². The molecule has 1 aliphatic rings. The van der Waals surface area contributed by atoms with E-state index in [1.807, 2.05) is 0 Å². The molecule has 1 saturated heterocycles. The molecule has 0 bridgehead atoms. The Hall–Kier alpha value is -0.540. The van der Waals surface area contributed by atoms with Crippen molar-refractivity contribution in [3.63, 3.8) is 0 Å². The highest BCUT2D eigenvalue weighted by atomic mass is 79.9. The molecular formula is C12H16BrNO. The van der Waals surface area contributed by atoms with Gasteiger partial charge < -0.3 is 10.1 Å². The van der Waals surface area contributed by atoms with E-state index in [0.717, 1.165) is 24.1 Å². The predicted molar refractivity (Wildman–Crippen MR) is 66.3 cm³/mol. The van der Waals surface area contributed by atoms with Gasteiger partial charge in [0, 0.05) is 22.8 Å². The van der Waals surface area contributed by atoms with Gasteiger partial charge in [-0.2, -0.15) is 0 Å². The molecule has 82 valence electrons. The summed E-state index contributed by atoms with van der Waals surface area (Å²) in [5, 5.41) is 3.51. The highest BCUT2D eigenvalue weighted by Gasteiger charge is 2.13. The third-order valence-corrected chi connectivity index (χ3v) is 3.03. The molecule has 0 aliphatic carbocycles. The molecule has 0 spiro atoms. The zero-order chi connectivity index (χ0) is 10.7. The summed E-state index contributed by atoms with van der Waals surface area (Å²) in [7, 11) is 0. The van der Waals surface area contributed by atoms with Crippen LogP contribution in [0.25, 0.3) is 0 Å². The number of rotatable bonds is 2. The van der Waals surface area contributed by atoms with E-state index >= 15 is 0 Å². The molecule has 0 amide bonds. The van der Waals surface area contributed by atoms with Crippen LogP contribution in [0.2, 0.25) is 0 Å². The molecule has 1 aromatic rings. The van der Waals surface area contributed by atoms with Crippen molar-refractivity contribution < 1.29 is 4.74 Å². The van der Waals surface area contributed by atoms with E-state index in [-0.39, 0.29) is 0 Å². The number of halogens is 1. The molecule has 1 aromatic carbocycles. The number of hydrogen-bond donors (Lipinski definition) is 1. The Morgan fingerprint density at radius 1 is 1.40 bits per heavy atom. The van der Waals surface area contributed by atoms with E-state index < -0.39 is 0 Å². The van der Waals surface area contributed by atoms with Crippen molar-refractivity contribution in [2.24, 2.45) is 0 Å². The van der Waals surface area contributed by atoms with Gasteiger partial charge in [-0.05, 0) is 43.5 Å². The van der Waals surface area contributed by atoms with Crippen molar-refractivity contribution in [3.05, 3.63) is 28.2 Å². The highest BCUT2D eigenvalue weighted by molar-refractivity contribution is 9.10. The summed E-state index contributed by atoms with van der Waals surface area (Å²) in [5.74, 6) is 0. The fraction of sp³-hybridized carbons (Fsp3) is 0.500. The minimum atomic E-state index is 0.465. The lowest BCUT2D eigenvalue weighted by molar-refractivity contribution is 0.0876. The Balaban J connectivity index is 2.02. The lowest BCUT2D eigenvalue weighted by Crippen LogP contribution is -2.29. The zero-order valence-corrected chi connectivity index (χ0v) is 10.5. The number of benzene rings is 1. The SMILES string of the molecule is Cc1cc(Br)cc(NC2CCCOC2)c1. The highest BCUT2D eigenvalue weighted by Crippen LogP contribution is 2.21. The molecule has 2 rings (SSSR count). The van der Waals surface area contributed by atoms with Gasteiger partial charge in [-0.25, -0.2) is 0 Å². The lowest BCUT2D eigenvalue weighted by atomic mass is 10.1. The minimum absolute atomic E-state index is 0.465. The molecule has 2 nitrogen and oxygen atoms in total. The Morgan fingerprint density at radius 2 is 2.27 bits per heavy atom. The van der Waals surface area contributed by atoms with Crippen LogP contribution in [0.1, 0.15) is 18.4 Å². The summed E-state index contributed by atoms with van der Waals surface area (Å²) < 4.78 is 6.57. The van der Waals surface area contributed by atoms with Gasteiger partial charge in [0.25, 0.3) is 0 Å². The lowest BCUT2D eigenvalue weighted by Gasteiger charge is -2.24. The van der Waals surface area contributed by atoms with E-state index in [1.54, 1.807) is 0 Å². The molecule has 0 radical (unpaired) electrons. The fourth-order valence-electron chi connectivity index (χ4n) is 1.91. The first-order valence-electron chi connectivity index (χ1n) is 5.35. The molecule has 1 fully saturated rings. The number of anilines is 1. The first kappa shape index (κ1) is 11.0. The molecule has 0 aromatic heterocycles. The normalized spacial score (nSPS) is 21.3. The maximum atomic E-state index is 5.44.